The number of aliphatic hydroxyl groups is 1. The van der Waals surface area contributed by atoms with Crippen molar-refractivity contribution < 1.29 is 19.4 Å². The normalized spacial score (nSPS) is 32.1. The summed E-state index contributed by atoms with van der Waals surface area (Å²) >= 11 is 0. The lowest BCUT2D eigenvalue weighted by atomic mass is 10.1. The molecule has 6 heteroatoms. The average Bonchev–Trinajstić information content (AvgIpc) is 3.03. The molecule has 2 heterocycles. The molecule has 20 heavy (non-hydrogen) atoms. The molecular formula is C14H18N2O4. The Labute approximate surface area is 116 Å². The van der Waals surface area contributed by atoms with Gasteiger partial charge in [-0.25, -0.2) is 0 Å². The first-order valence-electron chi connectivity index (χ1n) is 6.70. The van der Waals surface area contributed by atoms with Gasteiger partial charge in [0.15, 0.2) is 0 Å². The molecule has 3 rings (SSSR count). The van der Waals surface area contributed by atoms with Gasteiger partial charge in [0.2, 0.25) is 0 Å². The minimum Gasteiger partial charge on any atom is -0.388 e. The maximum absolute atomic E-state index is 12.2. The lowest BCUT2D eigenvalue weighted by Crippen LogP contribution is -2.44. The van der Waals surface area contributed by atoms with Gasteiger partial charge in [-0.1, -0.05) is 12.1 Å². The van der Waals surface area contributed by atoms with E-state index in [4.69, 9.17) is 15.2 Å². The van der Waals surface area contributed by atoms with Crippen LogP contribution in [0.3, 0.4) is 0 Å². The van der Waals surface area contributed by atoms with E-state index in [9.17, 15) is 9.90 Å². The first-order chi connectivity index (χ1) is 9.69. The lowest BCUT2D eigenvalue weighted by Gasteiger charge is -2.17. The van der Waals surface area contributed by atoms with Crippen molar-refractivity contribution in [2.75, 3.05) is 13.2 Å². The molecule has 0 spiro atoms. The van der Waals surface area contributed by atoms with Crippen molar-refractivity contribution in [3.8, 4) is 0 Å². The van der Waals surface area contributed by atoms with Crippen molar-refractivity contribution in [3.05, 3.63) is 35.4 Å². The van der Waals surface area contributed by atoms with Crippen molar-refractivity contribution in [2.24, 2.45) is 5.73 Å². The van der Waals surface area contributed by atoms with Gasteiger partial charge in [-0.15, -0.1) is 0 Å². The molecule has 1 amide bonds. The number of aliphatic hydroxyl groups excluding tert-OH is 1. The molecule has 2 saturated heterocycles. The minimum atomic E-state index is -0.606. The van der Waals surface area contributed by atoms with E-state index in [1.165, 1.54) is 0 Å². The van der Waals surface area contributed by atoms with Crippen molar-refractivity contribution in [2.45, 2.75) is 30.9 Å². The standard InChI is InChI=1S/C14H18N2O4/c15-5-8-1-3-9(4-2-8)14(18)16-10-6-19-13-11(17)7-20-12(10)13/h1-4,10-13,17H,5-7,15H2,(H,16,18)/t10-,11+,12+,13+/m0/s1. The summed E-state index contributed by atoms with van der Waals surface area (Å²) in [5, 5.41) is 12.5. The van der Waals surface area contributed by atoms with E-state index >= 15 is 0 Å². The van der Waals surface area contributed by atoms with Crippen LogP contribution in [0.25, 0.3) is 0 Å². The molecule has 4 N–H and O–H groups in total. The van der Waals surface area contributed by atoms with Crippen LogP contribution in [-0.4, -0.2) is 48.6 Å². The van der Waals surface area contributed by atoms with Crippen LogP contribution in [0.15, 0.2) is 24.3 Å². The molecule has 2 fully saturated rings. The number of hydrogen-bond acceptors (Lipinski definition) is 5. The Balaban J connectivity index is 1.64. The molecule has 1 aromatic carbocycles. The quantitative estimate of drug-likeness (QED) is 0.686. The fourth-order valence-corrected chi connectivity index (χ4v) is 2.65. The zero-order valence-electron chi connectivity index (χ0n) is 11.0. The van der Waals surface area contributed by atoms with Gasteiger partial charge in [0.05, 0.1) is 19.3 Å². The number of amides is 1. The van der Waals surface area contributed by atoms with E-state index in [2.05, 4.69) is 5.32 Å². The molecule has 2 aliphatic heterocycles. The van der Waals surface area contributed by atoms with Gasteiger partial charge in [0.1, 0.15) is 18.3 Å². The minimum absolute atomic E-state index is 0.173. The number of carbonyl (C=O) groups is 1. The summed E-state index contributed by atoms with van der Waals surface area (Å²) in [5.41, 5.74) is 7.08. The van der Waals surface area contributed by atoms with E-state index < -0.39 is 6.10 Å². The second-order valence-corrected chi connectivity index (χ2v) is 5.14. The summed E-state index contributed by atoms with van der Waals surface area (Å²) in [6.07, 6.45) is -1.21. The van der Waals surface area contributed by atoms with Gasteiger partial charge < -0.3 is 25.6 Å². The maximum Gasteiger partial charge on any atom is 0.251 e. The summed E-state index contributed by atoms with van der Waals surface area (Å²) < 4.78 is 10.9. The van der Waals surface area contributed by atoms with Crippen molar-refractivity contribution >= 4 is 5.91 Å². The summed E-state index contributed by atoms with van der Waals surface area (Å²) in [6, 6.07) is 6.93. The van der Waals surface area contributed by atoms with Crippen molar-refractivity contribution in [1.82, 2.24) is 5.32 Å². The fourth-order valence-electron chi connectivity index (χ4n) is 2.65. The third-order valence-corrected chi connectivity index (χ3v) is 3.80. The molecule has 0 radical (unpaired) electrons. The Bertz CT molecular complexity index is 490. The first-order valence-corrected chi connectivity index (χ1v) is 6.70. The summed E-state index contributed by atoms with van der Waals surface area (Å²) in [7, 11) is 0. The van der Waals surface area contributed by atoms with Crippen LogP contribution in [0.1, 0.15) is 15.9 Å². The zero-order valence-corrected chi connectivity index (χ0v) is 11.0. The van der Waals surface area contributed by atoms with Crippen LogP contribution in [-0.2, 0) is 16.0 Å². The van der Waals surface area contributed by atoms with Gasteiger partial charge in [0.25, 0.3) is 5.91 Å². The van der Waals surface area contributed by atoms with Gasteiger partial charge in [0, 0.05) is 12.1 Å². The average molecular weight is 278 g/mol. The van der Waals surface area contributed by atoms with E-state index in [0.29, 0.717) is 18.7 Å². The van der Waals surface area contributed by atoms with E-state index in [-0.39, 0.29) is 30.8 Å². The van der Waals surface area contributed by atoms with Crippen LogP contribution in [0.2, 0.25) is 0 Å². The van der Waals surface area contributed by atoms with Crippen LogP contribution in [0, 0.1) is 0 Å². The number of hydrogen-bond donors (Lipinski definition) is 3. The summed E-state index contributed by atoms with van der Waals surface area (Å²) in [5.74, 6) is -0.173. The molecule has 4 atom stereocenters. The molecule has 2 aliphatic rings. The highest BCUT2D eigenvalue weighted by molar-refractivity contribution is 5.94. The SMILES string of the molecule is NCc1ccc(C(=O)N[C@H]2CO[C@H]3[C@@H]2OC[C@H]3O)cc1. The Morgan fingerprint density at radius 3 is 2.65 bits per heavy atom. The molecule has 0 aliphatic carbocycles. The van der Waals surface area contributed by atoms with E-state index in [1.54, 1.807) is 12.1 Å². The molecule has 1 aromatic rings. The Kier molecular flexibility index (Phi) is 3.71. The van der Waals surface area contributed by atoms with Crippen molar-refractivity contribution in [3.63, 3.8) is 0 Å². The van der Waals surface area contributed by atoms with Gasteiger partial charge in [-0.3, -0.25) is 4.79 Å². The highest BCUT2D eigenvalue weighted by Gasteiger charge is 2.47. The molecule has 0 saturated carbocycles. The topological polar surface area (TPSA) is 93.8 Å². The molecular weight excluding hydrogens is 260 g/mol. The van der Waals surface area contributed by atoms with E-state index in [0.717, 1.165) is 5.56 Å². The number of fused-ring (bicyclic) bond motifs is 1. The van der Waals surface area contributed by atoms with Gasteiger partial charge in [-0.05, 0) is 17.7 Å². The molecule has 0 aromatic heterocycles. The lowest BCUT2D eigenvalue weighted by molar-refractivity contribution is 0.0178. The van der Waals surface area contributed by atoms with E-state index in [1.807, 2.05) is 12.1 Å². The van der Waals surface area contributed by atoms with Crippen LogP contribution in [0.5, 0.6) is 0 Å². The molecule has 0 unspecified atom stereocenters. The highest BCUT2D eigenvalue weighted by Crippen LogP contribution is 2.27. The number of benzene rings is 1. The van der Waals surface area contributed by atoms with Crippen LogP contribution in [0.4, 0.5) is 0 Å². The largest absolute Gasteiger partial charge is 0.388 e. The zero-order chi connectivity index (χ0) is 14.1. The third-order valence-electron chi connectivity index (χ3n) is 3.80. The number of nitrogens with two attached hydrogens (primary N) is 1. The number of carbonyl (C=O) groups excluding carboxylic acids is 1. The van der Waals surface area contributed by atoms with Gasteiger partial charge in [-0.2, -0.15) is 0 Å². The Morgan fingerprint density at radius 1 is 1.25 bits per heavy atom. The van der Waals surface area contributed by atoms with Crippen LogP contribution >= 0.6 is 0 Å². The number of nitrogens with one attached hydrogen (secondary N) is 1. The summed E-state index contributed by atoms with van der Waals surface area (Å²) in [4.78, 5) is 12.2. The molecule has 6 nitrogen and oxygen atoms in total. The molecule has 108 valence electrons. The fraction of sp³-hybridized carbons (Fsp3) is 0.500. The maximum atomic E-state index is 12.2. The third kappa shape index (κ3) is 2.43. The number of ether oxygens (including phenoxy) is 2. The molecule has 0 bridgehead atoms. The monoisotopic (exact) mass is 278 g/mol. The second-order valence-electron chi connectivity index (χ2n) is 5.14. The van der Waals surface area contributed by atoms with Crippen LogP contribution < -0.4 is 11.1 Å². The Hall–Kier alpha value is -1.47. The highest BCUT2D eigenvalue weighted by atomic mass is 16.6. The second kappa shape index (κ2) is 5.49. The first kappa shape index (κ1) is 13.5. The number of rotatable bonds is 3. The smallest absolute Gasteiger partial charge is 0.251 e. The Morgan fingerprint density at radius 2 is 1.95 bits per heavy atom. The predicted molar refractivity (Wildman–Crippen MR) is 71.1 cm³/mol. The summed E-state index contributed by atoms with van der Waals surface area (Å²) in [6.45, 7) is 1.07. The van der Waals surface area contributed by atoms with Gasteiger partial charge >= 0.3 is 0 Å². The predicted octanol–water partition coefficient (Wildman–Crippen LogP) is -0.598. The van der Waals surface area contributed by atoms with Crippen molar-refractivity contribution in [1.29, 1.82) is 0 Å².